The molecule has 0 heterocycles. The fraction of sp³-hybridized carbons (Fsp3) is 0.174. The molecule has 5 heteroatoms. The maximum atomic E-state index is 12.3. The average molecular weight is 377 g/mol. The summed E-state index contributed by atoms with van der Waals surface area (Å²) in [6, 6.07) is 26.1. The van der Waals surface area contributed by atoms with Crippen LogP contribution in [0.1, 0.15) is 6.92 Å². The number of anilines is 1. The number of carbonyl (C=O) groups excluding carboxylic acids is 1. The summed E-state index contributed by atoms with van der Waals surface area (Å²) in [5.41, 5.74) is 0.682. The van der Waals surface area contributed by atoms with Crippen molar-refractivity contribution in [3.63, 3.8) is 0 Å². The van der Waals surface area contributed by atoms with Crippen LogP contribution in [-0.2, 0) is 4.79 Å². The summed E-state index contributed by atoms with van der Waals surface area (Å²) in [7, 11) is 0. The van der Waals surface area contributed by atoms with Gasteiger partial charge in [0.2, 0.25) is 0 Å². The molecule has 0 bridgehead atoms. The van der Waals surface area contributed by atoms with Gasteiger partial charge in [0.1, 0.15) is 30.5 Å². The summed E-state index contributed by atoms with van der Waals surface area (Å²) in [5.74, 6) is 1.97. The van der Waals surface area contributed by atoms with E-state index in [1.54, 1.807) is 31.2 Å². The minimum atomic E-state index is -0.603. The quantitative estimate of drug-likeness (QED) is 0.556. The zero-order chi connectivity index (χ0) is 19.6. The molecule has 1 unspecified atom stereocenters. The molecular formula is C23H23NO4. The van der Waals surface area contributed by atoms with Crippen molar-refractivity contribution < 1.29 is 19.0 Å². The molecule has 0 aromatic heterocycles. The Morgan fingerprint density at radius 2 is 1.25 bits per heavy atom. The van der Waals surface area contributed by atoms with Crippen LogP contribution in [0.2, 0.25) is 0 Å². The molecule has 3 rings (SSSR count). The van der Waals surface area contributed by atoms with Crippen molar-refractivity contribution >= 4 is 11.6 Å². The van der Waals surface area contributed by atoms with Crippen LogP contribution in [0.25, 0.3) is 0 Å². The van der Waals surface area contributed by atoms with E-state index in [1.807, 2.05) is 60.7 Å². The SMILES string of the molecule is CC(Oc1ccccc1)C(=O)Nc1ccc(OCCOc2ccccc2)cc1. The van der Waals surface area contributed by atoms with Gasteiger partial charge in [-0.25, -0.2) is 0 Å². The number of hydrogen-bond acceptors (Lipinski definition) is 4. The van der Waals surface area contributed by atoms with E-state index in [0.29, 0.717) is 30.4 Å². The largest absolute Gasteiger partial charge is 0.490 e. The molecule has 3 aromatic rings. The predicted molar refractivity (Wildman–Crippen MR) is 109 cm³/mol. The van der Waals surface area contributed by atoms with Gasteiger partial charge in [-0.05, 0) is 55.5 Å². The average Bonchev–Trinajstić information content (AvgIpc) is 2.74. The molecular weight excluding hydrogens is 354 g/mol. The van der Waals surface area contributed by atoms with Crippen LogP contribution in [0.4, 0.5) is 5.69 Å². The number of para-hydroxylation sites is 2. The Morgan fingerprint density at radius 3 is 1.82 bits per heavy atom. The molecule has 1 atom stereocenters. The van der Waals surface area contributed by atoms with Gasteiger partial charge in [0, 0.05) is 5.69 Å². The molecule has 0 aliphatic rings. The highest BCUT2D eigenvalue weighted by Gasteiger charge is 2.14. The van der Waals surface area contributed by atoms with E-state index < -0.39 is 6.10 Å². The summed E-state index contributed by atoms with van der Waals surface area (Å²) in [5, 5.41) is 2.83. The molecule has 0 fully saturated rings. The van der Waals surface area contributed by atoms with E-state index in [4.69, 9.17) is 14.2 Å². The van der Waals surface area contributed by atoms with Gasteiger partial charge in [0.05, 0.1) is 0 Å². The number of ether oxygens (including phenoxy) is 3. The van der Waals surface area contributed by atoms with Crippen molar-refractivity contribution in [1.29, 1.82) is 0 Å². The number of nitrogens with one attached hydrogen (secondary N) is 1. The molecule has 5 nitrogen and oxygen atoms in total. The maximum Gasteiger partial charge on any atom is 0.265 e. The Kier molecular flexibility index (Phi) is 6.90. The van der Waals surface area contributed by atoms with E-state index in [1.165, 1.54) is 0 Å². The molecule has 1 amide bonds. The third-order valence-corrected chi connectivity index (χ3v) is 3.91. The van der Waals surface area contributed by atoms with Crippen LogP contribution >= 0.6 is 0 Å². The van der Waals surface area contributed by atoms with Crippen molar-refractivity contribution in [3.8, 4) is 17.2 Å². The number of carbonyl (C=O) groups is 1. The van der Waals surface area contributed by atoms with Gasteiger partial charge in [0.15, 0.2) is 6.10 Å². The van der Waals surface area contributed by atoms with Gasteiger partial charge in [-0.1, -0.05) is 36.4 Å². The first-order chi connectivity index (χ1) is 13.7. The van der Waals surface area contributed by atoms with Crippen LogP contribution in [-0.4, -0.2) is 25.2 Å². The lowest BCUT2D eigenvalue weighted by molar-refractivity contribution is -0.122. The first-order valence-corrected chi connectivity index (χ1v) is 9.14. The van der Waals surface area contributed by atoms with E-state index in [2.05, 4.69) is 5.32 Å². The van der Waals surface area contributed by atoms with E-state index >= 15 is 0 Å². The smallest absolute Gasteiger partial charge is 0.265 e. The highest BCUT2D eigenvalue weighted by Crippen LogP contribution is 2.17. The van der Waals surface area contributed by atoms with E-state index in [0.717, 1.165) is 5.75 Å². The Hall–Kier alpha value is -3.47. The van der Waals surface area contributed by atoms with Gasteiger partial charge >= 0.3 is 0 Å². The zero-order valence-corrected chi connectivity index (χ0v) is 15.7. The fourth-order valence-electron chi connectivity index (χ4n) is 2.47. The van der Waals surface area contributed by atoms with Crippen molar-refractivity contribution in [2.75, 3.05) is 18.5 Å². The topological polar surface area (TPSA) is 56.8 Å². The lowest BCUT2D eigenvalue weighted by Crippen LogP contribution is -2.30. The normalized spacial score (nSPS) is 11.3. The molecule has 0 saturated carbocycles. The summed E-state index contributed by atoms with van der Waals surface area (Å²) < 4.78 is 16.9. The molecule has 3 aromatic carbocycles. The Morgan fingerprint density at radius 1 is 0.750 bits per heavy atom. The molecule has 0 aliphatic heterocycles. The van der Waals surface area contributed by atoms with Gasteiger partial charge in [0.25, 0.3) is 5.91 Å². The first-order valence-electron chi connectivity index (χ1n) is 9.14. The van der Waals surface area contributed by atoms with Crippen LogP contribution < -0.4 is 19.5 Å². The summed E-state index contributed by atoms with van der Waals surface area (Å²) in [6.45, 7) is 2.60. The second kappa shape index (κ2) is 10.0. The van der Waals surface area contributed by atoms with Crippen molar-refractivity contribution in [3.05, 3.63) is 84.9 Å². The molecule has 0 spiro atoms. The highest BCUT2D eigenvalue weighted by molar-refractivity contribution is 5.94. The van der Waals surface area contributed by atoms with Crippen molar-refractivity contribution in [2.45, 2.75) is 13.0 Å². The minimum absolute atomic E-state index is 0.214. The summed E-state index contributed by atoms with van der Waals surface area (Å²) in [6.07, 6.45) is -0.603. The molecule has 1 N–H and O–H groups in total. The Balaban J connectivity index is 1.41. The number of benzene rings is 3. The molecule has 0 radical (unpaired) electrons. The standard InChI is InChI=1S/C23H23NO4/c1-18(28-22-10-6-3-7-11-22)23(25)24-19-12-14-21(15-13-19)27-17-16-26-20-8-4-2-5-9-20/h2-15,18H,16-17H2,1H3,(H,24,25). The second-order valence-corrected chi connectivity index (χ2v) is 6.10. The second-order valence-electron chi connectivity index (χ2n) is 6.10. The lowest BCUT2D eigenvalue weighted by Gasteiger charge is -2.15. The van der Waals surface area contributed by atoms with Gasteiger partial charge < -0.3 is 19.5 Å². The van der Waals surface area contributed by atoms with Crippen LogP contribution in [0.15, 0.2) is 84.9 Å². The fourth-order valence-corrected chi connectivity index (χ4v) is 2.47. The van der Waals surface area contributed by atoms with Gasteiger partial charge in [-0.3, -0.25) is 4.79 Å². The molecule has 144 valence electrons. The minimum Gasteiger partial charge on any atom is -0.490 e. The third kappa shape index (κ3) is 6.06. The lowest BCUT2D eigenvalue weighted by atomic mass is 10.2. The highest BCUT2D eigenvalue weighted by atomic mass is 16.5. The van der Waals surface area contributed by atoms with Crippen molar-refractivity contribution in [1.82, 2.24) is 0 Å². The van der Waals surface area contributed by atoms with Gasteiger partial charge in [-0.2, -0.15) is 0 Å². The molecule has 28 heavy (non-hydrogen) atoms. The maximum absolute atomic E-state index is 12.3. The monoisotopic (exact) mass is 377 g/mol. The number of hydrogen-bond donors (Lipinski definition) is 1. The molecule has 0 saturated heterocycles. The first kappa shape index (κ1) is 19.3. The summed E-state index contributed by atoms with van der Waals surface area (Å²) >= 11 is 0. The van der Waals surface area contributed by atoms with Gasteiger partial charge in [-0.15, -0.1) is 0 Å². The predicted octanol–water partition coefficient (Wildman–Crippen LogP) is 4.55. The Labute approximate surface area is 164 Å². The van der Waals surface area contributed by atoms with Crippen LogP contribution in [0.3, 0.4) is 0 Å². The number of rotatable bonds is 9. The van der Waals surface area contributed by atoms with E-state index in [9.17, 15) is 4.79 Å². The van der Waals surface area contributed by atoms with E-state index in [-0.39, 0.29) is 5.91 Å². The number of amides is 1. The van der Waals surface area contributed by atoms with Crippen LogP contribution in [0, 0.1) is 0 Å². The summed E-state index contributed by atoms with van der Waals surface area (Å²) in [4.78, 5) is 12.3. The van der Waals surface area contributed by atoms with Crippen molar-refractivity contribution in [2.24, 2.45) is 0 Å². The Bertz CT molecular complexity index is 851. The molecule has 0 aliphatic carbocycles. The van der Waals surface area contributed by atoms with Crippen LogP contribution in [0.5, 0.6) is 17.2 Å². The zero-order valence-electron chi connectivity index (χ0n) is 15.7. The third-order valence-electron chi connectivity index (χ3n) is 3.91.